The highest BCUT2D eigenvalue weighted by atomic mass is 32.2. The van der Waals surface area contributed by atoms with Crippen LogP contribution in [-0.4, -0.2) is 123 Å². The third-order valence-corrected chi connectivity index (χ3v) is 17.1. The van der Waals surface area contributed by atoms with Crippen LogP contribution in [0.15, 0.2) is 71.8 Å². The summed E-state index contributed by atoms with van der Waals surface area (Å²) < 4.78 is 57.0. The first kappa shape index (κ1) is 50.7. The number of fused-ring (bicyclic) bond motifs is 1. The summed E-state index contributed by atoms with van der Waals surface area (Å²) in [5.41, 5.74) is 3.71. The lowest BCUT2D eigenvalue weighted by Gasteiger charge is -2.58. The molecule has 5 aliphatic rings. The third-order valence-electron chi connectivity index (χ3n) is 15.8. The number of piperidine rings is 1. The van der Waals surface area contributed by atoms with E-state index in [1.807, 2.05) is 6.92 Å². The third kappa shape index (κ3) is 10.9. The number of piperazine rings is 1. The van der Waals surface area contributed by atoms with Crippen LogP contribution < -0.4 is 29.5 Å². The van der Waals surface area contributed by atoms with Crippen LogP contribution in [0, 0.1) is 16.5 Å². The van der Waals surface area contributed by atoms with Crippen LogP contribution in [0.25, 0.3) is 5.83 Å². The molecule has 0 bridgehead atoms. The number of nitrogens with zero attached hydrogens (tertiary/aromatic N) is 5. The molecule has 2 aromatic carbocycles. The number of hydrogen-bond donors (Lipinski definition) is 5. The molecule has 2 aliphatic heterocycles. The van der Waals surface area contributed by atoms with Crippen LogP contribution in [0.2, 0.25) is 0 Å². The fourth-order valence-corrected chi connectivity index (χ4v) is 12.5. The van der Waals surface area contributed by atoms with Gasteiger partial charge in [-0.3, -0.25) is 14.6 Å². The zero-order chi connectivity index (χ0) is 50.2. The first-order chi connectivity index (χ1) is 33.9. The van der Waals surface area contributed by atoms with Crippen molar-refractivity contribution in [1.82, 2.24) is 24.5 Å². The number of ether oxygens (including phenoxy) is 2. The highest BCUT2D eigenvalue weighted by molar-refractivity contribution is 7.90. The lowest BCUT2D eigenvalue weighted by atomic mass is 9.59. The molecule has 1 unspecified atom stereocenters. The van der Waals surface area contributed by atoms with E-state index in [1.165, 1.54) is 49.6 Å². The summed E-state index contributed by atoms with van der Waals surface area (Å²) in [4.78, 5) is 30.0. The summed E-state index contributed by atoms with van der Waals surface area (Å²) in [6.45, 7) is 11.9. The summed E-state index contributed by atoms with van der Waals surface area (Å²) in [7, 11) is -1.84. The van der Waals surface area contributed by atoms with Gasteiger partial charge in [-0.2, -0.15) is 0 Å². The molecule has 0 radical (unpaired) electrons. The van der Waals surface area contributed by atoms with E-state index >= 15 is 0 Å². The van der Waals surface area contributed by atoms with Crippen LogP contribution in [0.3, 0.4) is 0 Å². The van der Waals surface area contributed by atoms with E-state index < -0.39 is 32.4 Å². The molecule has 4 aromatic rings. The molecule has 2 atom stereocenters. The standard InChI is InChI=1S/C53H69FN8O8S/c1-34(2)39-8-6-7-9-40(39)46-33-60(24-25-63)22-23-62(46)37-29-53(30-37)18-20-61(21-19-53)36-10-11-41(47(26-36)70-48-28-42-43(54)12-13-44(42)57-51(48)69-5)50(64)58-71(67,68)38-27-45(59(4)66)49(56-32-38)55-31-35-14-16-52(3,65)17-15-35/h6-12,26-28,32,34-35,37,46,59,63,65H,13-25,29-31,33H2,1-5H3,(H,55,56)(H,58,64)/t35-,46-,52-/m0/s1. The molecule has 1 spiro atoms. The number of pyridine rings is 2. The second kappa shape index (κ2) is 20.7. The summed E-state index contributed by atoms with van der Waals surface area (Å²) in [6.07, 6.45) is 9.88. The van der Waals surface area contributed by atoms with Crippen molar-refractivity contribution in [2.24, 2.45) is 11.3 Å². The molecule has 2 saturated carbocycles. The number of β-amino-alcohol motifs (C(OH)–C–C–N with tert-alkyl or cyclic N) is 1. The molecule has 4 fully saturated rings. The number of rotatable bonds is 16. The van der Waals surface area contributed by atoms with Crippen molar-refractivity contribution in [2.45, 2.75) is 107 Å². The van der Waals surface area contributed by atoms with Crippen molar-refractivity contribution in [1.29, 1.82) is 0 Å². The molecular weight excluding hydrogens is 928 g/mol. The summed E-state index contributed by atoms with van der Waals surface area (Å²) in [5, 5.41) is 35.8. The lowest BCUT2D eigenvalue weighted by molar-refractivity contribution is -0.751. The van der Waals surface area contributed by atoms with E-state index in [2.05, 4.69) is 72.8 Å². The van der Waals surface area contributed by atoms with Gasteiger partial charge in [0.25, 0.3) is 21.8 Å². The van der Waals surface area contributed by atoms with Crippen LogP contribution in [0.4, 0.5) is 21.6 Å². The summed E-state index contributed by atoms with van der Waals surface area (Å²) >= 11 is 0. The van der Waals surface area contributed by atoms with Crippen molar-refractivity contribution in [3.63, 3.8) is 0 Å². The van der Waals surface area contributed by atoms with Gasteiger partial charge in [-0.1, -0.05) is 38.1 Å². The number of hydroxylamine groups is 1. The number of anilines is 2. The van der Waals surface area contributed by atoms with E-state index in [4.69, 9.17) is 9.47 Å². The van der Waals surface area contributed by atoms with Crippen LogP contribution in [-0.2, 0) is 16.4 Å². The molecule has 16 nitrogen and oxygen atoms in total. The molecule has 3 aliphatic carbocycles. The number of aliphatic hydroxyl groups is 2. The Balaban J connectivity index is 0.925. The van der Waals surface area contributed by atoms with Gasteiger partial charge in [0.15, 0.2) is 17.3 Å². The Morgan fingerprint density at radius 2 is 1.77 bits per heavy atom. The highest BCUT2D eigenvalue weighted by Crippen LogP contribution is 2.53. The first-order valence-electron chi connectivity index (χ1n) is 25.2. The number of aromatic nitrogens is 2. The number of halogens is 1. The maximum absolute atomic E-state index is 14.9. The number of aliphatic hydroxyl groups excluding tert-OH is 1. The number of quaternary nitrogens is 1. The predicted molar refractivity (Wildman–Crippen MR) is 270 cm³/mol. The van der Waals surface area contributed by atoms with Gasteiger partial charge in [-0.05, 0) is 111 Å². The number of carbonyl (C=O) groups is 1. The Kier molecular flexibility index (Phi) is 14.8. The van der Waals surface area contributed by atoms with Gasteiger partial charge in [0.1, 0.15) is 16.5 Å². The number of benzene rings is 2. The van der Waals surface area contributed by atoms with Crippen molar-refractivity contribution in [3.05, 3.63) is 100 Å². The van der Waals surface area contributed by atoms with Crippen molar-refractivity contribution < 1.29 is 42.4 Å². The van der Waals surface area contributed by atoms with E-state index in [0.717, 1.165) is 83.1 Å². The van der Waals surface area contributed by atoms with E-state index in [9.17, 15) is 33.0 Å². The van der Waals surface area contributed by atoms with E-state index in [0.29, 0.717) is 43.6 Å². The lowest BCUT2D eigenvalue weighted by Crippen LogP contribution is -2.98. The van der Waals surface area contributed by atoms with Crippen LogP contribution >= 0.6 is 0 Å². The fourth-order valence-electron chi connectivity index (χ4n) is 11.5. The minimum Gasteiger partial charge on any atom is -0.629 e. The van der Waals surface area contributed by atoms with Gasteiger partial charge in [-0.15, -0.1) is 0 Å². The quantitative estimate of drug-likeness (QED) is 0.0765. The number of carbonyl (C=O) groups excluding carboxylic acids is 1. The normalized spacial score (nSPS) is 23.2. The Bertz CT molecular complexity index is 2730. The number of hydrogen-bond acceptors (Lipinski definition) is 14. The molecule has 9 rings (SSSR count). The Labute approximate surface area is 416 Å². The van der Waals surface area contributed by atoms with Crippen molar-refractivity contribution in [2.75, 3.05) is 76.8 Å². The van der Waals surface area contributed by atoms with Crippen LogP contribution in [0.5, 0.6) is 17.4 Å². The largest absolute Gasteiger partial charge is 0.629 e. The molecule has 1 amide bonds. The maximum atomic E-state index is 14.9. The van der Waals surface area contributed by atoms with Gasteiger partial charge in [0.2, 0.25) is 0 Å². The van der Waals surface area contributed by atoms with Gasteiger partial charge in [0, 0.05) is 87.7 Å². The molecule has 18 heteroatoms. The fraction of sp³-hybridized carbons (Fsp3) is 0.528. The molecule has 2 saturated heterocycles. The van der Waals surface area contributed by atoms with E-state index in [1.54, 1.807) is 12.1 Å². The maximum Gasteiger partial charge on any atom is 0.268 e. The number of nitrogens with one attached hydrogen (secondary N) is 3. The Hall–Kier alpha value is -5.21. The minimum atomic E-state index is -4.58. The van der Waals surface area contributed by atoms with Gasteiger partial charge in [0.05, 0.1) is 43.8 Å². The van der Waals surface area contributed by atoms with Crippen molar-refractivity contribution in [3.8, 4) is 17.4 Å². The average Bonchev–Trinajstić information content (AvgIpc) is 3.70. The van der Waals surface area contributed by atoms with Crippen molar-refractivity contribution >= 4 is 38.9 Å². The predicted octanol–water partition coefficient (Wildman–Crippen LogP) is 6.48. The van der Waals surface area contributed by atoms with Gasteiger partial charge < -0.3 is 40.2 Å². The number of sulfonamides is 1. The zero-order valence-electron chi connectivity index (χ0n) is 41.5. The molecule has 71 heavy (non-hydrogen) atoms. The molecule has 5 N–H and O–H groups in total. The van der Waals surface area contributed by atoms with Gasteiger partial charge >= 0.3 is 0 Å². The topological polar surface area (TPSA) is 197 Å². The first-order valence-corrected chi connectivity index (χ1v) is 26.7. The summed E-state index contributed by atoms with van der Waals surface area (Å²) in [6, 6.07) is 17.2. The number of methoxy groups -OCH3 is 1. The molecular formula is C53H69FN8O8S. The number of allylic oxidation sites excluding steroid dienone is 1. The van der Waals surface area contributed by atoms with Crippen LogP contribution in [0.1, 0.15) is 117 Å². The minimum absolute atomic E-state index is 0.0148. The van der Waals surface area contributed by atoms with E-state index in [-0.39, 0.29) is 75.3 Å². The second-order valence-electron chi connectivity index (χ2n) is 21.0. The monoisotopic (exact) mass is 996 g/mol. The smallest absolute Gasteiger partial charge is 0.268 e. The Morgan fingerprint density at radius 1 is 1.03 bits per heavy atom. The average molecular weight is 997 g/mol. The second-order valence-corrected chi connectivity index (χ2v) is 22.7. The molecule has 2 aromatic heterocycles. The number of amides is 1. The SMILES string of the molecule is COc1nc2c(cc1Oc1cc(N3CCC4(CC3)CC(N3CCN(CCO)C[C@H]3c3ccccc3C(C)C)C4)ccc1C(=O)NS(=O)(=O)c1cnc(NC[C@H]3CC[C@](C)(O)CC3)c([NH+](C)[O-])c1)C(F)=CC2. The zero-order valence-corrected chi connectivity index (χ0v) is 42.4. The highest BCUT2D eigenvalue weighted by Gasteiger charge is 2.50. The summed E-state index contributed by atoms with van der Waals surface area (Å²) in [5.74, 6) is -0.426. The van der Waals surface area contributed by atoms with Gasteiger partial charge in [-0.25, -0.2) is 27.5 Å². The molecule has 382 valence electrons. The Morgan fingerprint density at radius 3 is 2.48 bits per heavy atom. The molecule has 4 heterocycles.